The van der Waals surface area contributed by atoms with Crippen LogP contribution in [0.4, 0.5) is 0 Å². The van der Waals surface area contributed by atoms with E-state index in [1.165, 1.54) is 16.2 Å². The van der Waals surface area contributed by atoms with Gasteiger partial charge in [0.2, 0.25) is 0 Å². The summed E-state index contributed by atoms with van der Waals surface area (Å²) in [5, 5.41) is 13.9. The minimum atomic E-state index is -0.212. The molecule has 1 rings (SSSR count). The molecule has 1 aromatic heterocycles. The second-order valence-electron chi connectivity index (χ2n) is 3.87. The lowest BCUT2D eigenvalue weighted by molar-refractivity contribution is 0.0728. The normalized spacial score (nSPS) is 11.9. The van der Waals surface area contributed by atoms with Crippen LogP contribution in [0.25, 0.3) is 0 Å². The van der Waals surface area contributed by atoms with E-state index in [1.807, 2.05) is 20.8 Å². The average molecular weight is 256 g/mol. The number of carbonyl (C=O) groups excluding carboxylic acids is 1. The zero-order valence-corrected chi connectivity index (χ0v) is 10.9. The molecule has 0 unspecified atom stereocenters. The van der Waals surface area contributed by atoms with Crippen LogP contribution in [0.5, 0.6) is 0 Å². The van der Waals surface area contributed by atoms with Gasteiger partial charge in [0.05, 0.1) is 11.6 Å². The van der Waals surface area contributed by atoms with E-state index in [4.69, 9.17) is 10.9 Å². The van der Waals surface area contributed by atoms with E-state index in [0.29, 0.717) is 5.69 Å². The molecule has 0 radical (unpaired) electrons. The fourth-order valence-corrected chi connectivity index (χ4v) is 1.89. The number of nitrogens with two attached hydrogens (primary N) is 1. The topological polar surface area (TPSA) is 91.8 Å². The highest BCUT2D eigenvalue weighted by molar-refractivity contribution is 7.09. The van der Waals surface area contributed by atoms with Gasteiger partial charge in [-0.2, -0.15) is 0 Å². The molecule has 3 N–H and O–H groups in total. The fraction of sp³-hybridized carbons (Fsp3) is 0.500. The van der Waals surface area contributed by atoms with Gasteiger partial charge >= 0.3 is 0 Å². The van der Waals surface area contributed by atoms with Crippen molar-refractivity contribution in [3.8, 4) is 0 Å². The molecule has 0 saturated carbocycles. The van der Waals surface area contributed by atoms with Crippen molar-refractivity contribution in [2.24, 2.45) is 10.9 Å². The van der Waals surface area contributed by atoms with Gasteiger partial charge in [-0.25, -0.2) is 4.98 Å². The number of hydrogen-bond acceptors (Lipinski definition) is 5. The number of carbonyl (C=O) groups is 1. The first-order valence-electron chi connectivity index (χ1n) is 5.15. The molecule has 0 fully saturated rings. The quantitative estimate of drug-likeness (QED) is 0.364. The molecule has 0 aliphatic carbocycles. The number of hydrogen-bond donors (Lipinski definition) is 2. The molecule has 0 saturated heterocycles. The number of rotatable bonds is 4. The monoisotopic (exact) mass is 256 g/mol. The Balaban J connectivity index is 2.88. The van der Waals surface area contributed by atoms with Crippen molar-refractivity contribution >= 4 is 23.1 Å². The van der Waals surface area contributed by atoms with E-state index in [-0.39, 0.29) is 24.3 Å². The van der Waals surface area contributed by atoms with E-state index >= 15 is 0 Å². The third-order valence-corrected chi connectivity index (χ3v) is 2.96. The number of oxime groups is 1. The third kappa shape index (κ3) is 3.42. The highest BCUT2D eigenvalue weighted by Gasteiger charge is 2.21. The summed E-state index contributed by atoms with van der Waals surface area (Å²) in [4.78, 5) is 17.8. The third-order valence-electron chi connectivity index (χ3n) is 2.18. The SMILES string of the molecule is Cc1nc(C(=O)N(CC(N)=NO)C(C)C)cs1. The molecule has 0 bridgehead atoms. The smallest absolute Gasteiger partial charge is 0.273 e. The largest absolute Gasteiger partial charge is 0.409 e. The van der Waals surface area contributed by atoms with Crippen molar-refractivity contribution in [1.82, 2.24) is 9.88 Å². The Morgan fingerprint density at radius 1 is 1.71 bits per heavy atom. The number of nitrogens with zero attached hydrogens (tertiary/aromatic N) is 3. The van der Waals surface area contributed by atoms with Gasteiger partial charge in [0.15, 0.2) is 5.84 Å². The molecule has 0 aliphatic rings. The molecular weight excluding hydrogens is 240 g/mol. The predicted octanol–water partition coefficient (Wildman–Crippen LogP) is 1.05. The van der Waals surface area contributed by atoms with Crippen LogP contribution >= 0.6 is 11.3 Å². The number of amides is 1. The zero-order chi connectivity index (χ0) is 13.0. The zero-order valence-electron chi connectivity index (χ0n) is 10.0. The van der Waals surface area contributed by atoms with Crippen LogP contribution in [-0.4, -0.2) is 39.4 Å². The first-order valence-corrected chi connectivity index (χ1v) is 6.03. The lowest BCUT2D eigenvalue weighted by Crippen LogP contribution is -2.43. The van der Waals surface area contributed by atoms with Crippen molar-refractivity contribution in [2.75, 3.05) is 6.54 Å². The van der Waals surface area contributed by atoms with Gasteiger partial charge in [0.25, 0.3) is 5.91 Å². The molecule has 1 aromatic rings. The molecule has 7 heteroatoms. The summed E-state index contributed by atoms with van der Waals surface area (Å²) in [6.07, 6.45) is 0. The minimum absolute atomic E-state index is 0.000925. The average Bonchev–Trinajstić information content (AvgIpc) is 2.71. The van der Waals surface area contributed by atoms with Crippen LogP contribution in [-0.2, 0) is 0 Å². The molecule has 1 amide bonds. The summed E-state index contributed by atoms with van der Waals surface area (Å²) in [6, 6.07) is -0.0511. The van der Waals surface area contributed by atoms with Gasteiger partial charge in [-0.05, 0) is 20.8 Å². The Kier molecular flexibility index (Phi) is 4.45. The van der Waals surface area contributed by atoms with E-state index in [0.717, 1.165) is 5.01 Å². The van der Waals surface area contributed by atoms with Crippen molar-refractivity contribution < 1.29 is 10.0 Å². The standard InChI is InChI=1S/C10H16N4O2S/c1-6(2)14(4-9(11)13-16)10(15)8-5-17-7(3)12-8/h5-6,16H,4H2,1-3H3,(H2,11,13). The lowest BCUT2D eigenvalue weighted by Gasteiger charge is -2.25. The maximum absolute atomic E-state index is 12.1. The summed E-state index contributed by atoms with van der Waals surface area (Å²) < 4.78 is 0. The van der Waals surface area contributed by atoms with E-state index in [2.05, 4.69) is 10.1 Å². The second kappa shape index (κ2) is 5.62. The van der Waals surface area contributed by atoms with E-state index in [1.54, 1.807) is 5.38 Å². The number of aromatic nitrogens is 1. The molecule has 0 aromatic carbocycles. The minimum Gasteiger partial charge on any atom is -0.409 e. The molecular formula is C10H16N4O2S. The van der Waals surface area contributed by atoms with Crippen molar-refractivity contribution in [3.63, 3.8) is 0 Å². The van der Waals surface area contributed by atoms with Gasteiger partial charge in [-0.15, -0.1) is 11.3 Å². The van der Waals surface area contributed by atoms with Crippen LogP contribution in [0.15, 0.2) is 10.5 Å². The maximum atomic E-state index is 12.1. The van der Waals surface area contributed by atoms with E-state index in [9.17, 15) is 4.79 Å². The van der Waals surface area contributed by atoms with Gasteiger partial charge in [-0.1, -0.05) is 5.16 Å². The number of amidine groups is 1. The highest BCUT2D eigenvalue weighted by Crippen LogP contribution is 2.12. The van der Waals surface area contributed by atoms with Crippen molar-refractivity contribution in [1.29, 1.82) is 0 Å². The molecule has 0 atom stereocenters. The molecule has 0 spiro atoms. The predicted molar refractivity (Wildman–Crippen MR) is 66.4 cm³/mol. The molecule has 0 aliphatic heterocycles. The Hall–Kier alpha value is -1.63. The summed E-state index contributed by atoms with van der Waals surface area (Å²) in [5.74, 6) is -0.213. The summed E-state index contributed by atoms with van der Waals surface area (Å²) >= 11 is 1.42. The Morgan fingerprint density at radius 2 is 2.35 bits per heavy atom. The lowest BCUT2D eigenvalue weighted by atomic mass is 10.2. The molecule has 94 valence electrons. The Morgan fingerprint density at radius 3 is 2.76 bits per heavy atom. The van der Waals surface area contributed by atoms with Crippen molar-refractivity contribution in [3.05, 3.63) is 16.1 Å². The van der Waals surface area contributed by atoms with Gasteiger partial charge in [0, 0.05) is 11.4 Å². The van der Waals surface area contributed by atoms with Gasteiger partial charge in [-0.3, -0.25) is 4.79 Å². The summed E-state index contributed by atoms with van der Waals surface area (Å²) in [7, 11) is 0. The van der Waals surface area contributed by atoms with Crippen LogP contribution < -0.4 is 5.73 Å². The Bertz CT molecular complexity index is 428. The van der Waals surface area contributed by atoms with Crippen LogP contribution in [0, 0.1) is 6.92 Å². The fourth-order valence-electron chi connectivity index (χ4n) is 1.30. The number of thiazole rings is 1. The van der Waals surface area contributed by atoms with Crippen LogP contribution in [0.3, 0.4) is 0 Å². The highest BCUT2D eigenvalue weighted by atomic mass is 32.1. The summed E-state index contributed by atoms with van der Waals surface area (Å²) in [5.41, 5.74) is 5.82. The van der Waals surface area contributed by atoms with Crippen LogP contribution in [0.1, 0.15) is 29.3 Å². The van der Waals surface area contributed by atoms with Crippen molar-refractivity contribution in [2.45, 2.75) is 26.8 Å². The number of aryl methyl sites for hydroxylation is 1. The molecule has 6 nitrogen and oxygen atoms in total. The molecule has 17 heavy (non-hydrogen) atoms. The maximum Gasteiger partial charge on any atom is 0.273 e. The van der Waals surface area contributed by atoms with Gasteiger partial charge < -0.3 is 15.8 Å². The second-order valence-corrected chi connectivity index (χ2v) is 4.93. The van der Waals surface area contributed by atoms with Gasteiger partial charge in [0.1, 0.15) is 5.69 Å². The summed E-state index contributed by atoms with van der Waals surface area (Å²) in [6.45, 7) is 5.65. The van der Waals surface area contributed by atoms with E-state index < -0.39 is 0 Å². The first kappa shape index (κ1) is 13.4. The Labute approximate surface area is 104 Å². The van der Waals surface area contributed by atoms with Crippen LogP contribution in [0.2, 0.25) is 0 Å². The molecule has 1 heterocycles. The first-order chi connectivity index (χ1) is 7.95.